The summed E-state index contributed by atoms with van der Waals surface area (Å²) in [7, 11) is -3.62. The molecule has 1 amide bonds. The van der Waals surface area contributed by atoms with Gasteiger partial charge in [-0.05, 0) is 50.5 Å². The summed E-state index contributed by atoms with van der Waals surface area (Å²) >= 11 is 0. The number of anilines is 1. The zero-order chi connectivity index (χ0) is 20.2. The number of aryl methyl sites for hydroxylation is 2. The highest BCUT2D eigenvalue weighted by atomic mass is 32.2. The third-order valence-electron chi connectivity index (χ3n) is 4.55. The number of hydrogen-bond acceptors (Lipinski definition) is 3. The van der Waals surface area contributed by atoms with Crippen molar-refractivity contribution in [3.05, 3.63) is 65.2 Å². The zero-order valence-electron chi connectivity index (χ0n) is 16.6. The molecule has 0 radical (unpaired) electrons. The molecule has 0 spiro atoms. The second-order valence-corrected chi connectivity index (χ2v) is 8.81. The van der Waals surface area contributed by atoms with Crippen LogP contribution in [0.1, 0.15) is 43.0 Å². The Labute approximate surface area is 162 Å². The number of carbonyl (C=O) groups is 1. The van der Waals surface area contributed by atoms with E-state index in [2.05, 4.69) is 5.32 Å². The van der Waals surface area contributed by atoms with Crippen molar-refractivity contribution in [2.75, 3.05) is 10.6 Å². The molecular weight excluding hydrogens is 360 g/mol. The van der Waals surface area contributed by atoms with Crippen molar-refractivity contribution < 1.29 is 13.2 Å². The van der Waals surface area contributed by atoms with Crippen LogP contribution in [0.2, 0.25) is 0 Å². The van der Waals surface area contributed by atoms with E-state index in [4.69, 9.17) is 0 Å². The van der Waals surface area contributed by atoms with Crippen LogP contribution in [-0.2, 0) is 14.8 Å². The summed E-state index contributed by atoms with van der Waals surface area (Å²) in [4.78, 5) is 12.9. The van der Waals surface area contributed by atoms with Crippen molar-refractivity contribution in [3.63, 3.8) is 0 Å². The highest BCUT2D eigenvalue weighted by molar-refractivity contribution is 7.92. The molecule has 0 bridgehead atoms. The summed E-state index contributed by atoms with van der Waals surface area (Å²) in [6.07, 6.45) is 1.83. The van der Waals surface area contributed by atoms with Crippen LogP contribution in [0.4, 0.5) is 5.69 Å². The predicted octanol–water partition coefficient (Wildman–Crippen LogP) is 3.73. The minimum atomic E-state index is -3.62. The van der Waals surface area contributed by atoms with E-state index < -0.39 is 16.1 Å². The van der Waals surface area contributed by atoms with Crippen LogP contribution >= 0.6 is 0 Å². The highest BCUT2D eigenvalue weighted by Crippen LogP contribution is 2.23. The normalized spacial score (nSPS) is 13.7. The summed E-state index contributed by atoms with van der Waals surface area (Å²) in [6, 6.07) is 14.1. The molecule has 146 valence electrons. The molecule has 0 heterocycles. The van der Waals surface area contributed by atoms with Crippen molar-refractivity contribution in [3.8, 4) is 0 Å². The summed E-state index contributed by atoms with van der Waals surface area (Å²) in [6.45, 7) is 7.50. The van der Waals surface area contributed by atoms with Gasteiger partial charge in [0.2, 0.25) is 15.9 Å². The lowest BCUT2D eigenvalue weighted by Gasteiger charge is -2.30. The Hall–Kier alpha value is -2.34. The van der Waals surface area contributed by atoms with Crippen molar-refractivity contribution >= 4 is 21.6 Å². The second-order valence-electron chi connectivity index (χ2n) is 6.95. The molecule has 0 aromatic heterocycles. The van der Waals surface area contributed by atoms with Gasteiger partial charge in [-0.1, -0.05) is 48.9 Å². The zero-order valence-corrected chi connectivity index (χ0v) is 17.4. The number of hydrogen-bond donors (Lipinski definition) is 1. The standard InChI is InChI=1S/C21H28N2O3S/c1-6-20(18-12-10-15(2)11-13-18)22-21(24)17(4)23(27(5,25)26)19-9-7-8-16(3)14-19/h7-14,17,20H,6H2,1-5H3,(H,22,24). The summed E-state index contributed by atoms with van der Waals surface area (Å²) in [5.74, 6) is -0.325. The van der Waals surface area contributed by atoms with Crippen LogP contribution in [0.5, 0.6) is 0 Å². The molecule has 2 rings (SSSR count). The first-order valence-electron chi connectivity index (χ1n) is 9.06. The second kappa shape index (κ2) is 8.57. The summed E-state index contributed by atoms with van der Waals surface area (Å²) in [5.41, 5.74) is 3.57. The Morgan fingerprint density at radius 1 is 1.07 bits per heavy atom. The van der Waals surface area contributed by atoms with Gasteiger partial charge in [-0.2, -0.15) is 0 Å². The van der Waals surface area contributed by atoms with E-state index in [-0.39, 0.29) is 11.9 Å². The van der Waals surface area contributed by atoms with Gasteiger partial charge >= 0.3 is 0 Å². The smallest absolute Gasteiger partial charge is 0.244 e. The Kier molecular flexibility index (Phi) is 6.65. The van der Waals surface area contributed by atoms with Crippen molar-refractivity contribution in [2.24, 2.45) is 0 Å². The molecule has 5 nitrogen and oxygen atoms in total. The summed E-state index contributed by atoms with van der Waals surface area (Å²) < 4.78 is 26.0. The van der Waals surface area contributed by atoms with Crippen LogP contribution in [0.3, 0.4) is 0 Å². The van der Waals surface area contributed by atoms with Crippen molar-refractivity contribution in [2.45, 2.75) is 46.2 Å². The van der Waals surface area contributed by atoms with Gasteiger partial charge in [-0.3, -0.25) is 9.10 Å². The fourth-order valence-electron chi connectivity index (χ4n) is 3.09. The van der Waals surface area contributed by atoms with Gasteiger partial charge in [0.1, 0.15) is 6.04 Å². The third-order valence-corrected chi connectivity index (χ3v) is 5.79. The highest BCUT2D eigenvalue weighted by Gasteiger charge is 2.30. The SMILES string of the molecule is CCC(NC(=O)C(C)N(c1cccc(C)c1)S(C)(=O)=O)c1ccc(C)cc1. The van der Waals surface area contributed by atoms with Crippen LogP contribution in [0, 0.1) is 13.8 Å². The number of benzene rings is 2. The van der Waals surface area contributed by atoms with Gasteiger partial charge in [0.15, 0.2) is 0 Å². The van der Waals surface area contributed by atoms with Crippen LogP contribution in [0.15, 0.2) is 48.5 Å². The van der Waals surface area contributed by atoms with E-state index in [0.717, 1.165) is 22.9 Å². The maximum atomic E-state index is 12.9. The first-order valence-corrected chi connectivity index (χ1v) is 10.9. The van der Waals surface area contributed by atoms with Crippen molar-refractivity contribution in [1.29, 1.82) is 0 Å². The molecule has 0 aliphatic carbocycles. The Morgan fingerprint density at radius 2 is 1.70 bits per heavy atom. The molecule has 2 unspecified atom stereocenters. The fourth-order valence-corrected chi connectivity index (χ4v) is 4.25. The third kappa shape index (κ3) is 5.32. The van der Waals surface area contributed by atoms with E-state index in [9.17, 15) is 13.2 Å². The number of nitrogens with one attached hydrogen (secondary N) is 1. The lowest BCUT2D eigenvalue weighted by atomic mass is 10.0. The molecule has 0 saturated heterocycles. The van der Waals surface area contributed by atoms with Gasteiger partial charge in [-0.25, -0.2) is 8.42 Å². The quantitative estimate of drug-likeness (QED) is 0.786. The number of amides is 1. The molecule has 0 fully saturated rings. The van der Waals surface area contributed by atoms with Crippen molar-refractivity contribution in [1.82, 2.24) is 5.32 Å². The first-order chi connectivity index (χ1) is 12.6. The van der Waals surface area contributed by atoms with E-state index in [1.54, 1.807) is 25.1 Å². The maximum Gasteiger partial charge on any atom is 0.244 e. The van der Waals surface area contributed by atoms with Gasteiger partial charge in [0.05, 0.1) is 18.0 Å². The first kappa shape index (κ1) is 21.0. The minimum Gasteiger partial charge on any atom is -0.347 e. The van der Waals surface area contributed by atoms with Crippen LogP contribution < -0.4 is 9.62 Å². The molecule has 0 saturated carbocycles. The molecule has 1 N–H and O–H groups in total. The molecule has 27 heavy (non-hydrogen) atoms. The number of nitrogens with zero attached hydrogens (tertiary/aromatic N) is 1. The Bertz CT molecular complexity index is 892. The lowest BCUT2D eigenvalue weighted by molar-refractivity contribution is -0.122. The largest absolute Gasteiger partial charge is 0.347 e. The van der Waals surface area contributed by atoms with E-state index >= 15 is 0 Å². The van der Waals surface area contributed by atoms with Gasteiger partial charge in [0, 0.05) is 0 Å². The predicted molar refractivity (Wildman–Crippen MR) is 110 cm³/mol. The topological polar surface area (TPSA) is 66.5 Å². The van der Waals surface area contributed by atoms with Gasteiger partial charge < -0.3 is 5.32 Å². The molecular formula is C21H28N2O3S. The molecule has 2 atom stereocenters. The van der Waals surface area contributed by atoms with E-state index in [1.807, 2.05) is 51.1 Å². The maximum absolute atomic E-state index is 12.9. The average molecular weight is 389 g/mol. The summed E-state index contributed by atoms with van der Waals surface area (Å²) in [5, 5.41) is 2.99. The number of rotatable bonds is 7. The Morgan fingerprint density at radius 3 is 2.22 bits per heavy atom. The Balaban J connectivity index is 2.27. The lowest BCUT2D eigenvalue weighted by Crippen LogP contribution is -2.48. The molecule has 0 aliphatic rings. The molecule has 2 aromatic carbocycles. The monoisotopic (exact) mass is 388 g/mol. The van der Waals surface area contributed by atoms with Crippen LogP contribution in [0.25, 0.3) is 0 Å². The average Bonchev–Trinajstić information content (AvgIpc) is 2.59. The molecule has 0 aliphatic heterocycles. The molecule has 2 aromatic rings. The van der Waals surface area contributed by atoms with E-state index in [1.165, 1.54) is 4.31 Å². The molecule has 6 heteroatoms. The fraction of sp³-hybridized carbons (Fsp3) is 0.381. The number of carbonyl (C=O) groups excluding carboxylic acids is 1. The van der Waals surface area contributed by atoms with Gasteiger partial charge in [-0.15, -0.1) is 0 Å². The number of sulfonamides is 1. The van der Waals surface area contributed by atoms with Gasteiger partial charge in [0.25, 0.3) is 0 Å². The minimum absolute atomic E-state index is 0.167. The van der Waals surface area contributed by atoms with E-state index in [0.29, 0.717) is 12.1 Å². The van der Waals surface area contributed by atoms with Crippen LogP contribution in [-0.4, -0.2) is 26.6 Å².